The summed E-state index contributed by atoms with van der Waals surface area (Å²) < 4.78 is 14.3. The molecule has 2 aromatic heterocycles. The minimum absolute atomic E-state index is 0.0706. The van der Waals surface area contributed by atoms with Crippen molar-refractivity contribution < 1.29 is 14.3 Å². The van der Waals surface area contributed by atoms with E-state index in [1.165, 1.54) is 18.4 Å². The van der Waals surface area contributed by atoms with Crippen LogP contribution in [0.25, 0.3) is 21.9 Å². The molecule has 1 N–H and O–H groups in total. The zero-order valence-corrected chi connectivity index (χ0v) is 26.4. The summed E-state index contributed by atoms with van der Waals surface area (Å²) in [5, 5.41) is 5.89. The summed E-state index contributed by atoms with van der Waals surface area (Å²) in [5.41, 5.74) is 3.32. The third-order valence-electron chi connectivity index (χ3n) is 10.7. The van der Waals surface area contributed by atoms with Gasteiger partial charge in [-0.3, -0.25) is 9.47 Å². The maximum Gasteiger partial charge on any atom is 0.333 e. The number of aryl methyl sites for hydroxylation is 1. The number of anilines is 1. The van der Waals surface area contributed by atoms with Gasteiger partial charge in [0.05, 0.1) is 18.5 Å². The summed E-state index contributed by atoms with van der Waals surface area (Å²) >= 11 is 0. The molecular formula is C35H43N7O3. The van der Waals surface area contributed by atoms with Crippen molar-refractivity contribution in [3.05, 3.63) is 53.9 Å². The Labute approximate surface area is 264 Å². The fraction of sp³-hybridized carbons (Fsp3) is 0.543. The van der Waals surface area contributed by atoms with Crippen LogP contribution in [-0.2, 0) is 16.0 Å². The number of hydrogen-bond donors (Lipinski definition) is 1. The minimum atomic E-state index is -0.764. The fourth-order valence-electron chi connectivity index (χ4n) is 8.52. The van der Waals surface area contributed by atoms with Gasteiger partial charge in [-0.25, -0.2) is 9.78 Å². The van der Waals surface area contributed by atoms with E-state index in [0.29, 0.717) is 41.7 Å². The lowest BCUT2D eigenvalue weighted by Gasteiger charge is -2.33. The van der Waals surface area contributed by atoms with E-state index in [9.17, 15) is 4.79 Å². The fourth-order valence-corrected chi connectivity index (χ4v) is 8.52. The smallest absolute Gasteiger partial charge is 0.333 e. The molecule has 6 heterocycles. The molecule has 0 saturated carbocycles. The lowest BCUT2D eigenvalue weighted by molar-refractivity contribution is -0.145. The van der Waals surface area contributed by atoms with Crippen molar-refractivity contribution in [1.82, 2.24) is 29.7 Å². The van der Waals surface area contributed by atoms with E-state index in [0.717, 1.165) is 74.6 Å². The molecule has 2 aromatic carbocycles. The number of aromatic nitrogens is 4. The molecular weight excluding hydrogens is 566 g/mol. The molecule has 3 unspecified atom stereocenters. The Morgan fingerprint density at radius 2 is 1.80 bits per heavy atom. The van der Waals surface area contributed by atoms with Crippen molar-refractivity contribution in [2.45, 2.75) is 82.5 Å². The van der Waals surface area contributed by atoms with E-state index < -0.39 is 6.04 Å². The average molecular weight is 610 g/mol. The van der Waals surface area contributed by atoms with E-state index in [4.69, 9.17) is 24.4 Å². The quantitative estimate of drug-likeness (QED) is 0.272. The van der Waals surface area contributed by atoms with Gasteiger partial charge < -0.3 is 19.7 Å². The van der Waals surface area contributed by atoms with Gasteiger partial charge in [-0.1, -0.05) is 43.3 Å². The molecule has 4 saturated heterocycles. The van der Waals surface area contributed by atoms with Crippen molar-refractivity contribution in [1.29, 1.82) is 0 Å². The van der Waals surface area contributed by atoms with Crippen LogP contribution < -0.4 is 15.0 Å². The zero-order valence-electron chi connectivity index (χ0n) is 26.4. The maximum atomic E-state index is 13.9. The molecule has 2 bridgehead atoms. The molecule has 8 rings (SSSR count). The topological polar surface area (TPSA) is 97.6 Å². The highest BCUT2D eigenvalue weighted by molar-refractivity contribution is 5.94. The van der Waals surface area contributed by atoms with Crippen LogP contribution in [0.15, 0.2) is 42.7 Å². The second kappa shape index (κ2) is 11.6. The number of rotatable bonds is 9. The summed E-state index contributed by atoms with van der Waals surface area (Å²) in [6.07, 6.45) is 9.61. The van der Waals surface area contributed by atoms with E-state index in [-0.39, 0.29) is 18.1 Å². The number of hydrogen-bond acceptors (Lipinski definition) is 9. The predicted molar refractivity (Wildman–Crippen MR) is 174 cm³/mol. The van der Waals surface area contributed by atoms with Crippen LogP contribution in [0.1, 0.15) is 69.5 Å². The van der Waals surface area contributed by atoms with Crippen molar-refractivity contribution in [2.75, 3.05) is 44.3 Å². The SMILES string of the molecule is CCOC(=O)C(c1cccc2cccc(CC)c12)n1cnc2c(OCC34CCCN3CCC4)nc(N3CC4CCC(C3)N4)nc21. The number of fused-ring (bicyclic) bond motifs is 5. The van der Waals surface area contributed by atoms with Gasteiger partial charge in [0.25, 0.3) is 0 Å². The van der Waals surface area contributed by atoms with Crippen molar-refractivity contribution >= 4 is 33.9 Å². The number of esters is 1. The Kier molecular flexibility index (Phi) is 7.37. The van der Waals surface area contributed by atoms with Gasteiger partial charge in [-0.05, 0) is 86.9 Å². The highest BCUT2D eigenvalue weighted by Crippen LogP contribution is 2.40. The van der Waals surface area contributed by atoms with Gasteiger partial charge in [-0.2, -0.15) is 9.97 Å². The second-order valence-electron chi connectivity index (χ2n) is 13.3. The second-order valence-corrected chi connectivity index (χ2v) is 13.3. The maximum absolute atomic E-state index is 13.9. The molecule has 45 heavy (non-hydrogen) atoms. The first kappa shape index (κ1) is 28.7. The summed E-state index contributed by atoms with van der Waals surface area (Å²) in [5.74, 6) is 0.812. The zero-order chi connectivity index (χ0) is 30.5. The highest BCUT2D eigenvalue weighted by Gasteiger charge is 2.45. The Balaban J connectivity index is 1.27. The van der Waals surface area contributed by atoms with Gasteiger partial charge in [0, 0.05) is 25.2 Å². The Bertz CT molecular complexity index is 1710. The van der Waals surface area contributed by atoms with Crippen molar-refractivity contribution in [2.24, 2.45) is 0 Å². The molecule has 236 valence electrons. The van der Waals surface area contributed by atoms with Crippen LogP contribution >= 0.6 is 0 Å². The van der Waals surface area contributed by atoms with E-state index in [1.807, 2.05) is 23.6 Å². The van der Waals surface area contributed by atoms with Crippen LogP contribution in [-0.4, -0.2) is 87.4 Å². The summed E-state index contributed by atoms with van der Waals surface area (Å²) in [7, 11) is 0. The Hall–Kier alpha value is -3.76. The van der Waals surface area contributed by atoms with E-state index >= 15 is 0 Å². The molecule has 4 aromatic rings. The van der Waals surface area contributed by atoms with Crippen molar-refractivity contribution in [3.63, 3.8) is 0 Å². The molecule has 0 aliphatic carbocycles. The normalized spacial score (nSPS) is 23.1. The number of nitrogens with zero attached hydrogens (tertiary/aromatic N) is 6. The number of carbonyl (C=O) groups excluding carboxylic acids is 1. The standard InChI is InChI=1S/C35H43N7O3/c1-3-23-9-5-10-24-11-6-12-27(28(23)24)30(33(43)44-4-2)42-22-36-29-31(42)38-34(40-19-25-13-14-26(20-40)37-25)39-32(29)45-21-35-15-7-17-41(35)18-8-16-35/h5-6,9-12,22,25-26,30,37H,3-4,7-8,13-21H2,1-2H3. The molecule has 0 spiro atoms. The third kappa shape index (κ3) is 4.93. The summed E-state index contributed by atoms with van der Waals surface area (Å²) in [6, 6.07) is 12.6. The van der Waals surface area contributed by atoms with Crippen LogP contribution in [0.4, 0.5) is 5.95 Å². The van der Waals surface area contributed by atoms with Gasteiger partial charge in [0.2, 0.25) is 11.8 Å². The van der Waals surface area contributed by atoms with Gasteiger partial charge >= 0.3 is 5.97 Å². The number of piperazine rings is 1. The van der Waals surface area contributed by atoms with Gasteiger partial charge in [0.1, 0.15) is 6.61 Å². The number of imidazole rings is 1. The van der Waals surface area contributed by atoms with Crippen LogP contribution in [0, 0.1) is 0 Å². The average Bonchev–Trinajstić information content (AvgIpc) is 3.83. The first-order chi connectivity index (χ1) is 22.1. The number of nitrogens with one attached hydrogen (secondary N) is 1. The highest BCUT2D eigenvalue weighted by atomic mass is 16.5. The Morgan fingerprint density at radius 1 is 1.04 bits per heavy atom. The number of benzene rings is 2. The Morgan fingerprint density at radius 3 is 2.53 bits per heavy atom. The number of carbonyl (C=O) groups is 1. The first-order valence-corrected chi connectivity index (χ1v) is 16.9. The molecule has 4 aliphatic heterocycles. The van der Waals surface area contributed by atoms with Crippen LogP contribution in [0.3, 0.4) is 0 Å². The van der Waals surface area contributed by atoms with Gasteiger partial charge in [0.15, 0.2) is 17.2 Å². The molecule has 10 nitrogen and oxygen atoms in total. The predicted octanol–water partition coefficient (Wildman–Crippen LogP) is 4.64. The third-order valence-corrected chi connectivity index (χ3v) is 10.7. The number of ether oxygens (including phenoxy) is 2. The first-order valence-electron chi connectivity index (χ1n) is 16.9. The minimum Gasteiger partial charge on any atom is -0.474 e. The van der Waals surface area contributed by atoms with Gasteiger partial charge in [-0.15, -0.1) is 0 Å². The molecule has 0 radical (unpaired) electrons. The molecule has 10 heteroatoms. The van der Waals surface area contributed by atoms with E-state index in [1.54, 1.807) is 6.33 Å². The lowest BCUT2D eigenvalue weighted by Crippen LogP contribution is -2.51. The van der Waals surface area contributed by atoms with Crippen LogP contribution in [0.5, 0.6) is 5.88 Å². The monoisotopic (exact) mass is 609 g/mol. The summed E-state index contributed by atoms with van der Waals surface area (Å²) in [6.45, 7) is 8.83. The van der Waals surface area contributed by atoms with Crippen LogP contribution in [0.2, 0.25) is 0 Å². The lowest BCUT2D eigenvalue weighted by atomic mass is 9.93. The molecule has 4 fully saturated rings. The molecule has 0 amide bonds. The van der Waals surface area contributed by atoms with E-state index in [2.05, 4.69) is 46.3 Å². The molecule has 4 aliphatic rings. The van der Waals surface area contributed by atoms with Crippen molar-refractivity contribution in [3.8, 4) is 5.88 Å². The molecule has 3 atom stereocenters. The largest absolute Gasteiger partial charge is 0.474 e. The summed E-state index contributed by atoms with van der Waals surface area (Å²) in [4.78, 5) is 33.9.